The molecule has 2 aromatic carbocycles. The standard InChI is InChI=1S/C19H21FO3/c1-3-14(2)12-23-19(21)17-10-9-16(11-18(17)20)22-13-15-7-5-4-6-8-15/h4-11,14H,3,12-13H2,1-2H3. The molecule has 0 aliphatic heterocycles. The predicted octanol–water partition coefficient (Wildman–Crippen LogP) is 4.61. The second-order valence-electron chi connectivity index (χ2n) is 5.53. The van der Waals surface area contributed by atoms with E-state index in [1.807, 2.05) is 44.2 Å². The maximum absolute atomic E-state index is 14.1. The lowest BCUT2D eigenvalue weighted by molar-refractivity contribution is 0.0441. The van der Waals surface area contributed by atoms with E-state index in [1.165, 1.54) is 12.1 Å². The number of benzene rings is 2. The number of ether oxygens (including phenoxy) is 2. The van der Waals surface area contributed by atoms with Gasteiger partial charge in [-0.3, -0.25) is 0 Å². The molecule has 4 heteroatoms. The molecule has 0 radical (unpaired) electrons. The van der Waals surface area contributed by atoms with Crippen LogP contribution >= 0.6 is 0 Å². The van der Waals surface area contributed by atoms with Gasteiger partial charge in [0.1, 0.15) is 18.2 Å². The molecule has 1 atom stereocenters. The van der Waals surface area contributed by atoms with Gasteiger partial charge in [-0.2, -0.15) is 0 Å². The highest BCUT2D eigenvalue weighted by atomic mass is 19.1. The molecule has 0 saturated carbocycles. The summed E-state index contributed by atoms with van der Waals surface area (Å²) in [6.45, 7) is 4.63. The van der Waals surface area contributed by atoms with E-state index in [4.69, 9.17) is 9.47 Å². The van der Waals surface area contributed by atoms with Crippen LogP contribution in [0.25, 0.3) is 0 Å². The lowest BCUT2D eigenvalue weighted by Gasteiger charge is -2.11. The average Bonchev–Trinajstić information content (AvgIpc) is 2.58. The Hall–Kier alpha value is -2.36. The van der Waals surface area contributed by atoms with E-state index in [9.17, 15) is 9.18 Å². The summed E-state index contributed by atoms with van der Waals surface area (Å²) in [5, 5.41) is 0. The van der Waals surface area contributed by atoms with Gasteiger partial charge in [0.25, 0.3) is 0 Å². The highest BCUT2D eigenvalue weighted by molar-refractivity contribution is 5.89. The van der Waals surface area contributed by atoms with Gasteiger partial charge >= 0.3 is 5.97 Å². The first-order valence-corrected chi connectivity index (χ1v) is 7.73. The van der Waals surface area contributed by atoms with Crippen molar-refractivity contribution in [3.63, 3.8) is 0 Å². The summed E-state index contributed by atoms with van der Waals surface area (Å²) in [6.07, 6.45) is 0.905. The van der Waals surface area contributed by atoms with E-state index in [-0.39, 0.29) is 11.5 Å². The van der Waals surface area contributed by atoms with Crippen molar-refractivity contribution in [2.75, 3.05) is 6.61 Å². The minimum atomic E-state index is -0.641. The van der Waals surface area contributed by atoms with E-state index in [0.29, 0.717) is 19.0 Å². The van der Waals surface area contributed by atoms with Gasteiger partial charge in [-0.15, -0.1) is 0 Å². The van der Waals surface area contributed by atoms with Crippen molar-refractivity contribution >= 4 is 5.97 Å². The van der Waals surface area contributed by atoms with Crippen molar-refractivity contribution in [2.24, 2.45) is 5.92 Å². The van der Waals surface area contributed by atoms with Crippen LogP contribution in [0.1, 0.15) is 36.2 Å². The number of carbonyl (C=O) groups excluding carboxylic acids is 1. The maximum Gasteiger partial charge on any atom is 0.341 e. The molecule has 2 rings (SSSR count). The van der Waals surface area contributed by atoms with Crippen molar-refractivity contribution in [3.05, 3.63) is 65.5 Å². The lowest BCUT2D eigenvalue weighted by atomic mass is 10.1. The van der Waals surface area contributed by atoms with Crippen LogP contribution in [-0.2, 0) is 11.3 Å². The van der Waals surface area contributed by atoms with Crippen LogP contribution in [-0.4, -0.2) is 12.6 Å². The third kappa shape index (κ3) is 5.09. The summed E-state index contributed by atoms with van der Waals surface area (Å²) in [7, 11) is 0. The van der Waals surface area contributed by atoms with Crippen molar-refractivity contribution < 1.29 is 18.7 Å². The Morgan fingerprint density at radius 3 is 2.57 bits per heavy atom. The third-order valence-electron chi connectivity index (χ3n) is 3.60. The molecule has 0 aliphatic carbocycles. The second kappa shape index (κ2) is 8.32. The first-order valence-electron chi connectivity index (χ1n) is 7.73. The van der Waals surface area contributed by atoms with Gasteiger partial charge in [0, 0.05) is 6.07 Å². The number of rotatable bonds is 7. The van der Waals surface area contributed by atoms with Gasteiger partial charge in [0.05, 0.1) is 12.2 Å². The maximum atomic E-state index is 14.1. The average molecular weight is 316 g/mol. The van der Waals surface area contributed by atoms with Gasteiger partial charge in [0.15, 0.2) is 0 Å². The highest BCUT2D eigenvalue weighted by Gasteiger charge is 2.15. The Morgan fingerprint density at radius 2 is 1.91 bits per heavy atom. The Kier molecular flexibility index (Phi) is 6.15. The Morgan fingerprint density at radius 1 is 1.17 bits per heavy atom. The van der Waals surface area contributed by atoms with E-state index in [1.54, 1.807) is 6.07 Å². The second-order valence-corrected chi connectivity index (χ2v) is 5.53. The molecule has 0 spiro atoms. The molecule has 0 saturated heterocycles. The molecule has 3 nitrogen and oxygen atoms in total. The third-order valence-corrected chi connectivity index (χ3v) is 3.60. The van der Waals surface area contributed by atoms with Crippen LogP contribution in [0.4, 0.5) is 4.39 Å². The van der Waals surface area contributed by atoms with Crippen molar-refractivity contribution in [3.8, 4) is 5.75 Å². The minimum absolute atomic E-state index is 0.0691. The van der Waals surface area contributed by atoms with Gasteiger partial charge in [-0.1, -0.05) is 50.6 Å². The van der Waals surface area contributed by atoms with Crippen LogP contribution in [0.2, 0.25) is 0 Å². The fourth-order valence-electron chi connectivity index (χ4n) is 1.91. The van der Waals surface area contributed by atoms with Crippen LogP contribution in [0, 0.1) is 11.7 Å². The SMILES string of the molecule is CCC(C)COC(=O)c1ccc(OCc2ccccc2)cc1F. The minimum Gasteiger partial charge on any atom is -0.489 e. The summed E-state index contributed by atoms with van der Waals surface area (Å²) in [6, 6.07) is 13.8. The highest BCUT2D eigenvalue weighted by Crippen LogP contribution is 2.19. The van der Waals surface area contributed by atoms with Crippen LogP contribution < -0.4 is 4.74 Å². The number of hydrogen-bond acceptors (Lipinski definition) is 3. The molecule has 23 heavy (non-hydrogen) atoms. The molecular weight excluding hydrogens is 295 g/mol. The lowest BCUT2D eigenvalue weighted by Crippen LogP contribution is -2.13. The number of carbonyl (C=O) groups is 1. The smallest absolute Gasteiger partial charge is 0.341 e. The first-order chi connectivity index (χ1) is 11.1. The monoisotopic (exact) mass is 316 g/mol. The zero-order chi connectivity index (χ0) is 16.7. The van der Waals surface area contributed by atoms with E-state index in [0.717, 1.165) is 12.0 Å². The van der Waals surface area contributed by atoms with Crippen LogP contribution in [0.15, 0.2) is 48.5 Å². The summed E-state index contributed by atoms with van der Waals surface area (Å²) in [4.78, 5) is 11.9. The topological polar surface area (TPSA) is 35.5 Å². The van der Waals surface area contributed by atoms with Gasteiger partial charge < -0.3 is 9.47 Å². The van der Waals surface area contributed by atoms with E-state index >= 15 is 0 Å². The molecule has 0 N–H and O–H groups in total. The van der Waals surface area contributed by atoms with Crippen molar-refractivity contribution in [1.82, 2.24) is 0 Å². The molecule has 1 unspecified atom stereocenters. The summed E-state index contributed by atoms with van der Waals surface area (Å²) in [5.41, 5.74) is 0.922. The van der Waals surface area contributed by atoms with Gasteiger partial charge in [0.2, 0.25) is 0 Å². The summed E-state index contributed by atoms with van der Waals surface area (Å²) >= 11 is 0. The molecule has 0 fully saturated rings. The summed E-state index contributed by atoms with van der Waals surface area (Å²) in [5.74, 6) is -0.637. The fourth-order valence-corrected chi connectivity index (χ4v) is 1.91. The zero-order valence-electron chi connectivity index (χ0n) is 13.4. The largest absolute Gasteiger partial charge is 0.489 e. The molecule has 0 aliphatic rings. The van der Waals surface area contributed by atoms with E-state index < -0.39 is 11.8 Å². The van der Waals surface area contributed by atoms with Gasteiger partial charge in [-0.25, -0.2) is 9.18 Å². The Balaban J connectivity index is 1.96. The fraction of sp³-hybridized carbons (Fsp3) is 0.316. The van der Waals surface area contributed by atoms with E-state index in [2.05, 4.69) is 0 Å². The van der Waals surface area contributed by atoms with Crippen molar-refractivity contribution in [1.29, 1.82) is 0 Å². The molecule has 0 amide bonds. The van der Waals surface area contributed by atoms with Crippen LogP contribution in [0.3, 0.4) is 0 Å². The number of hydrogen-bond donors (Lipinski definition) is 0. The zero-order valence-corrected chi connectivity index (χ0v) is 13.4. The Bertz CT molecular complexity index is 640. The van der Waals surface area contributed by atoms with Gasteiger partial charge in [-0.05, 0) is 23.6 Å². The molecule has 0 bridgehead atoms. The molecular formula is C19H21FO3. The number of esters is 1. The molecule has 0 heterocycles. The normalized spacial score (nSPS) is 11.8. The molecule has 0 aromatic heterocycles. The Labute approximate surface area is 136 Å². The van der Waals surface area contributed by atoms with Crippen LogP contribution in [0.5, 0.6) is 5.75 Å². The molecule has 122 valence electrons. The molecule has 2 aromatic rings. The first kappa shape index (κ1) is 17.0. The number of halogens is 1. The summed E-state index contributed by atoms with van der Waals surface area (Å²) < 4.78 is 24.7. The van der Waals surface area contributed by atoms with Crippen molar-refractivity contribution in [2.45, 2.75) is 26.9 Å². The predicted molar refractivity (Wildman–Crippen MR) is 86.9 cm³/mol. The quantitative estimate of drug-likeness (QED) is 0.700.